The molecule has 66 valence electrons. The lowest BCUT2D eigenvalue weighted by atomic mass is 10.5. The zero-order chi connectivity index (χ0) is 9.35. The third kappa shape index (κ3) is 1.51. The van der Waals surface area contributed by atoms with Gasteiger partial charge in [0.2, 0.25) is 0 Å². The summed E-state index contributed by atoms with van der Waals surface area (Å²) in [4.78, 5) is 10.0. The smallest absolute Gasteiger partial charge is 0.186 e. The highest BCUT2D eigenvalue weighted by Gasteiger charge is 2.18. The van der Waals surface area contributed by atoms with Gasteiger partial charge in [0, 0.05) is 6.26 Å². The Balaban J connectivity index is 3.39. The van der Waals surface area contributed by atoms with Crippen molar-refractivity contribution >= 4 is 27.7 Å². The van der Waals surface area contributed by atoms with Crippen LogP contribution in [0.3, 0.4) is 0 Å². The summed E-state index contributed by atoms with van der Waals surface area (Å²) in [5.41, 5.74) is 0. The summed E-state index contributed by atoms with van der Waals surface area (Å²) in [6.45, 7) is 0. The summed E-state index contributed by atoms with van der Waals surface area (Å²) in [5.74, 6) is -0.169. The molecule has 0 saturated carbocycles. The number of carbonyl (C=O) groups excluding carboxylic acids is 1. The van der Waals surface area contributed by atoms with Gasteiger partial charge in [-0.05, 0) is 0 Å². The third-order valence-corrected chi connectivity index (χ3v) is 2.83. The SMILES string of the molecule is CS(=O)(=O)c1coc(C=O)c1Cl. The maximum Gasteiger partial charge on any atom is 0.186 e. The predicted molar refractivity (Wildman–Crippen MR) is 42.2 cm³/mol. The van der Waals surface area contributed by atoms with E-state index in [9.17, 15) is 13.2 Å². The Morgan fingerprint density at radius 2 is 2.17 bits per heavy atom. The number of hydrogen-bond acceptors (Lipinski definition) is 4. The highest BCUT2D eigenvalue weighted by atomic mass is 35.5. The number of carbonyl (C=O) groups is 1. The Hall–Kier alpha value is -0.810. The van der Waals surface area contributed by atoms with Crippen LogP contribution in [0.5, 0.6) is 0 Å². The van der Waals surface area contributed by atoms with Crippen molar-refractivity contribution in [3.8, 4) is 0 Å². The zero-order valence-corrected chi connectivity index (χ0v) is 7.65. The molecule has 12 heavy (non-hydrogen) atoms. The molecule has 1 aromatic heterocycles. The quantitative estimate of drug-likeness (QED) is 0.684. The van der Waals surface area contributed by atoms with Gasteiger partial charge in [-0.2, -0.15) is 0 Å². The largest absolute Gasteiger partial charge is 0.459 e. The van der Waals surface area contributed by atoms with Crippen LogP contribution < -0.4 is 0 Å². The molecule has 1 rings (SSSR count). The Kier molecular flexibility index (Phi) is 2.25. The normalized spacial score (nSPS) is 11.5. The topological polar surface area (TPSA) is 64.3 Å². The van der Waals surface area contributed by atoms with Gasteiger partial charge >= 0.3 is 0 Å². The van der Waals surface area contributed by atoms with Gasteiger partial charge in [0.05, 0.1) is 0 Å². The molecule has 0 aliphatic rings. The highest BCUT2D eigenvalue weighted by Crippen LogP contribution is 2.25. The van der Waals surface area contributed by atoms with Crippen LogP contribution >= 0.6 is 11.6 Å². The fourth-order valence-electron chi connectivity index (χ4n) is 0.672. The number of hydrogen-bond donors (Lipinski definition) is 0. The monoisotopic (exact) mass is 208 g/mol. The van der Waals surface area contributed by atoms with Crippen LogP contribution in [0.2, 0.25) is 5.02 Å². The third-order valence-electron chi connectivity index (χ3n) is 1.23. The van der Waals surface area contributed by atoms with Crippen molar-refractivity contribution < 1.29 is 17.6 Å². The van der Waals surface area contributed by atoms with Crippen LogP contribution in [0.25, 0.3) is 0 Å². The minimum Gasteiger partial charge on any atom is -0.459 e. The Morgan fingerprint density at radius 3 is 2.42 bits per heavy atom. The maximum atomic E-state index is 10.9. The van der Waals surface area contributed by atoms with Crippen molar-refractivity contribution in [2.24, 2.45) is 0 Å². The average molecular weight is 209 g/mol. The predicted octanol–water partition coefficient (Wildman–Crippen LogP) is 1.15. The molecule has 0 saturated heterocycles. The van der Waals surface area contributed by atoms with E-state index in [1.54, 1.807) is 0 Å². The fourth-order valence-corrected chi connectivity index (χ4v) is 1.87. The highest BCUT2D eigenvalue weighted by molar-refractivity contribution is 7.90. The molecule has 0 spiro atoms. The van der Waals surface area contributed by atoms with E-state index in [4.69, 9.17) is 11.6 Å². The van der Waals surface area contributed by atoms with Gasteiger partial charge in [-0.1, -0.05) is 11.6 Å². The Morgan fingerprint density at radius 1 is 1.58 bits per heavy atom. The van der Waals surface area contributed by atoms with E-state index in [1.807, 2.05) is 0 Å². The van der Waals surface area contributed by atoms with Crippen molar-refractivity contribution in [3.05, 3.63) is 17.0 Å². The molecule has 0 aliphatic heterocycles. The molecular formula is C6H5ClO4S. The molecule has 0 fully saturated rings. The molecule has 0 unspecified atom stereocenters. The molecule has 6 heteroatoms. The average Bonchev–Trinajstić information content (AvgIpc) is 2.29. The second-order valence-electron chi connectivity index (χ2n) is 2.17. The fraction of sp³-hybridized carbons (Fsp3) is 0.167. The van der Waals surface area contributed by atoms with E-state index in [0.717, 1.165) is 12.5 Å². The first-order chi connectivity index (χ1) is 5.46. The Bertz CT molecular complexity index is 403. The first-order valence-electron chi connectivity index (χ1n) is 2.89. The molecule has 0 N–H and O–H groups in total. The van der Waals surface area contributed by atoms with Crippen LogP contribution in [0.1, 0.15) is 10.6 Å². The summed E-state index contributed by atoms with van der Waals surface area (Å²) < 4.78 is 26.4. The molecule has 4 nitrogen and oxygen atoms in total. The van der Waals surface area contributed by atoms with E-state index in [0.29, 0.717) is 6.29 Å². The minimum atomic E-state index is -3.41. The number of furan rings is 1. The molecule has 1 heterocycles. The van der Waals surface area contributed by atoms with Crippen LogP contribution in [0, 0.1) is 0 Å². The van der Waals surface area contributed by atoms with Gasteiger partial charge in [0.25, 0.3) is 0 Å². The number of halogens is 1. The van der Waals surface area contributed by atoms with Crippen molar-refractivity contribution in [3.63, 3.8) is 0 Å². The minimum absolute atomic E-state index is 0.160. The van der Waals surface area contributed by atoms with Crippen molar-refractivity contribution in [1.29, 1.82) is 0 Å². The zero-order valence-electron chi connectivity index (χ0n) is 6.07. The summed E-state index contributed by atoms with van der Waals surface area (Å²) in [5, 5.41) is -0.160. The van der Waals surface area contributed by atoms with Gasteiger partial charge < -0.3 is 4.42 Å². The number of rotatable bonds is 2. The van der Waals surface area contributed by atoms with Crippen molar-refractivity contribution in [1.82, 2.24) is 0 Å². The summed E-state index contributed by atoms with van der Waals surface area (Å²) in [7, 11) is -3.41. The van der Waals surface area contributed by atoms with E-state index >= 15 is 0 Å². The van der Waals surface area contributed by atoms with E-state index in [-0.39, 0.29) is 15.7 Å². The van der Waals surface area contributed by atoms with Gasteiger partial charge in [0.1, 0.15) is 16.2 Å². The number of aldehydes is 1. The molecular weight excluding hydrogens is 204 g/mol. The summed E-state index contributed by atoms with van der Waals surface area (Å²) in [6, 6.07) is 0. The van der Waals surface area contributed by atoms with Gasteiger partial charge in [0.15, 0.2) is 21.9 Å². The molecule has 0 aliphatic carbocycles. The number of sulfone groups is 1. The van der Waals surface area contributed by atoms with E-state index in [1.165, 1.54) is 0 Å². The first kappa shape index (κ1) is 9.28. The van der Waals surface area contributed by atoms with Crippen LogP contribution in [-0.2, 0) is 9.84 Å². The van der Waals surface area contributed by atoms with Gasteiger partial charge in [-0.15, -0.1) is 0 Å². The molecule has 0 bridgehead atoms. The maximum absolute atomic E-state index is 10.9. The Labute approximate surface area is 74.0 Å². The van der Waals surface area contributed by atoms with Crippen LogP contribution in [0.15, 0.2) is 15.6 Å². The first-order valence-corrected chi connectivity index (χ1v) is 5.16. The van der Waals surface area contributed by atoms with E-state index in [2.05, 4.69) is 4.42 Å². The second-order valence-corrected chi connectivity index (χ2v) is 4.53. The van der Waals surface area contributed by atoms with Crippen molar-refractivity contribution in [2.45, 2.75) is 4.90 Å². The summed E-state index contributed by atoms with van der Waals surface area (Å²) >= 11 is 5.50. The molecule has 1 aromatic rings. The van der Waals surface area contributed by atoms with Crippen molar-refractivity contribution in [2.75, 3.05) is 6.26 Å². The van der Waals surface area contributed by atoms with Crippen LogP contribution in [-0.4, -0.2) is 21.0 Å². The van der Waals surface area contributed by atoms with Gasteiger partial charge in [-0.25, -0.2) is 8.42 Å². The van der Waals surface area contributed by atoms with Crippen LogP contribution in [0.4, 0.5) is 0 Å². The van der Waals surface area contributed by atoms with Gasteiger partial charge in [-0.3, -0.25) is 4.79 Å². The summed E-state index contributed by atoms with van der Waals surface area (Å²) in [6.07, 6.45) is 2.29. The second kappa shape index (κ2) is 2.91. The lowest BCUT2D eigenvalue weighted by Crippen LogP contribution is -1.95. The lowest BCUT2D eigenvalue weighted by Gasteiger charge is -1.90. The molecule has 0 atom stereocenters. The molecule has 0 radical (unpaired) electrons. The van der Waals surface area contributed by atoms with E-state index < -0.39 is 9.84 Å². The standard InChI is InChI=1S/C6H5ClO4S/c1-12(9,10)5-3-11-4(2-8)6(5)7/h2-3H,1H3. The molecule has 0 aromatic carbocycles. The lowest BCUT2D eigenvalue weighted by molar-refractivity contribution is 0.110. The molecule has 0 amide bonds.